The number of nitrogen functional groups attached to an aromatic ring is 2. The van der Waals surface area contributed by atoms with Gasteiger partial charge in [-0.25, -0.2) is 0 Å². The molecule has 2 rings (SSSR count). The summed E-state index contributed by atoms with van der Waals surface area (Å²) in [5, 5.41) is 9.63. The molecule has 4 heteroatoms. The van der Waals surface area contributed by atoms with Gasteiger partial charge in [0.2, 0.25) is 0 Å². The molecule has 5 N–H and O–H groups in total. The van der Waals surface area contributed by atoms with Gasteiger partial charge in [-0.15, -0.1) is 0 Å². The summed E-state index contributed by atoms with van der Waals surface area (Å²) >= 11 is 0. The first-order valence-corrected chi connectivity index (χ1v) is 4.48. The van der Waals surface area contributed by atoms with Crippen molar-refractivity contribution in [2.75, 3.05) is 11.5 Å². The Morgan fingerprint density at radius 1 is 1.13 bits per heavy atom. The fourth-order valence-electron chi connectivity index (χ4n) is 1.40. The summed E-state index contributed by atoms with van der Waals surface area (Å²) in [6.07, 6.45) is 1.51. The van der Waals surface area contributed by atoms with E-state index in [1.54, 1.807) is 24.3 Å². The quantitative estimate of drug-likeness (QED) is 0.654. The number of pyridine rings is 1. The van der Waals surface area contributed by atoms with E-state index < -0.39 is 0 Å². The molecule has 0 aliphatic carbocycles. The third-order valence-corrected chi connectivity index (χ3v) is 2.10. The fraction of sp³-hybridized carbons (Fsp3) is 0. The standard InChI is InChI=1S/C11H11N3O/c12-7-5-9(13)11(14-6-7)8-3-1-2-4-10(8)15/h1-6,15H,12-13H2. The highest BCUT2D eigenvalue weighted by Gasteiger charge is 2.08. The lowest BCUT2D eigenvalue weighted by molar-refractivity contribution is 0.477. The van der Waals surface area contributed by atoms with Gasteiger partial charge in [0.05, 0.1) is 23.3 Å². The highest BCUT2D eigenvalue weighted by molar-refractivity contribution is 5.78. The normalized spacial score (nSPS) is 10.1. The Labute approximate surface area is 87.2 Å². The van der Waals surface area contributed by atoms with E-state index in [9.17, 15) is 5.11 Å². The van der Waals surface area contributed by atoms with Crippen LogP contribution in [0.25, 0.3) is 11.3 Å². The summed E-state index contributed by atoms with van der Waals surface area (Å²) < 4.78 is 0. The summed E-state index contributed by atoms with van der Waals surface area (Å²) in [4.78, 5) is 4.10. The molecular formula is C11H11N3O. The van der Waals surface area contributed by atoms with Crippen LogP contribution in [0.4, 0.5) is 11.4 Å². The summed E-state index contributed by atoms with van der Waals surface area (Å²) in [5.74, 6) is 0.154. The zero-order valence-electron chi connectivity index (χ0n) is 8.01. The molecule has 2 aromatic rings. The molecule has 4 nitrogen and oxygen atoms in total. The molecule has 0 radical (unpaired) electrons. The van der Waals surface area contributed by atoms with Crippen molar-refractivity contribution in [1.29, 1.82) is 0 Å². The average Bonchev–Trinajstić information content (AvgIpc) is 2.20. The van der Waals surface area contributed by atoms with Gasteiger partial charge in [0.1, 0.15) is 5.75 Å². The number of aromatic nitrogens is 1. The van der Waals surface area contributed by atoms with E-state index in [4.69, 9.17) is 11.5 Å². The number of hydrogen-bond acceptors (Lipinski definition) is 4. The number of phenolic OH excluding ortho intramolecular Hbond substituents is 1. The van der Waals surface area contributed by atoms with Crippen molar-refractivity contribution in [3.05, 3.63) is 36.5 Å². The van der Waals surface area contributed by atoms with Crippen molar-refractivity contribution < 1.29 is 5.11 Å². The van der Waals surface area contributed by atoms with Crippen LogP contribution < -0.4 is 11.5 Å². The van der Waals surface area contributed by atoms with Gasteiger partial charge in [-0.2, -0.15) is 0 Å². The maximum Gasteiger partial charge on any atom is 0.125 e. The number of para-hydroxylation sites is 1. The Hall–Kier alpha value is -2.23. The molecule has 0 saturated carbocycles. The summed E-state index contributed by atoms with van der Waals surface area (Å²) in [5.41, 5.74) is 13.4. The summed E-state index contributed by atoms with van der Waals surface area (Å²) in [7, 11) is 0. The average molecular weight is 201 g/mol. The molecule has 1 heterocycles. The SMILES string of the molecule is Nc1cnc(-c2ccccc2O)c(N)c1. The van der Waals surface area contributed by atoms with Crippen molar-refractivity contribution in [3.63, 3.8) is 0 Å². The fourth-order valence-corrected chi connectivity index (χ4v) is 1.40. The lowest BCUT2D eigenvalue weighted by Gasteiger charge is -2.06. The molecule has 0 amide bonds. The predicted octanol–water partition coefficient (Wildman–Crippen LogP) is 1.62. The van der Waals surface area contributed by atoms with Crippen LogP contribution in [0.2, 0.25) is 0 Å². The Morgan fingerprint density at radius 3 is 2.53 bits per heavy atom. The van der Waals surface area contributed by atoms with Crippen molar-refractivity contribution in [3.8, 4) is 17.0 Å². The van der Waals surface area contributed by atoms with Gasteiger partial charge in [0.25, 0.3) is 0 Å². The van der Waals surface area contributed by atoms with Gasteiger partial charge < -0.3 is 16.6 Å². The van der Waals surface area contributed by atoms with E-state index in [0.717, 1.165) is 0 Å². The number of hydrogen-bond donors (Lipinski definition) is 3. The molecule has 0 aliphatic heterocycles. The lowest BCUT2D eigenvalue weighted by atomic mass is 10.1. The second-order valence-electron chi connectivity index (χ2n) is 3.22. The minimum Gasteiger partial charge on any atom is -0.507 e. The summed E-state index contributed by atoms with van der Waals surface area (Å²) in [6.45, 7) is 0. The second kappa shape index (κ2) is 3.49. The monoisotopic (exact) mass is 201 g/mol. The van der Waals surface area contributed by atoms with Crippen LogP contribution in [0.5, 0.6) is 5.75 Å². The molecule has 76 valence electrons. The first-order chi connectivity index (χ1) is 7.18. The van der Waals surface area contributed by atoms with Crippen LogP contribution in [0.3, 0.4) is 0 Å². The van der Waals surface area contributed by atoms with Crippen LogP contribution in [-0.2, 0) is 0 Å². The lowest BCUT2D eigenvalue weighted by Crippen LogP contribution is -1.96. The third-order valence-electron chi connectivity index (χ3n) is 2.10. The van der Waals surface area contributed by atoms with E-state index in [-0.39, 0.29) is 5.75 Å². The Balaban J connectivity index is 2.60. The molecule has 0 bridgehead atoms. The van der Waals surface area contributed by atoms with Crippen LogP contribution >= 0.6 is 0 Å². The molecular weight excluding hydrogens is 190 g/mol. The van der Waals surface area contributed by atoms with E-state index in [1.807, 2.05) is 6.07 Å². The molecule has 0 atom stereocenters. The van der Waals surface area contributed by atoms with Crippen LogP contribution in [0.1, 0.15) is 0 Å². The molecule has 0 fully saturated rings. The number of anilines is 2. The minimum atomic E-state index is 0.154. The van der Waals surface area contributed by atoms with Gasteiger partial charge in [-0.3, -0.25) is 4.98 Å². The number of nitrogens with two attached hydrogens (primary N) is 2. The van der Waals surface area contributed by atoms with Gasteiger partial charge in [0.15, 0.2) is 0 Å². The number of nitrogens with zero attached hydrogens (tertiary/aromatic N) is 1. The first kappa shape index (κ1) is 9.33. The van der Waals surface area contributed by atoms with Crippen molar-refractivity contribution in [1.82, 2.24) is 4.98 Å². The minimum absolute atomic E-state index is 0.154. The smallest absolute Gasteiger partial charge is 0.125 e. The van der Waals surface area contributed by atoms with E-state index in [0.29, 0.717) is 22.6 Å². The molecule has 0 saturated heterocycles. The van der Waals surface area contributed by atoms with Crippen molar-refractivity contribution in [2.24, 2.45) is 0 Å². The zero-order chi connectivity index (χ0) is 10.8. The van der Waals surface area contributed by atoms with Gasteiger partial charge in [-0.1, -0.05) is 12.1 Å². The van der Waals surface area contributed by atoms with E-state index in [1.165, 1.54) is 6.20 Å². The number of phenols is 1. The van der Waals surface area contributed by atoms with Crippen molar-refractivity contribution >= 4 is 11.4 Å². The molecule has 0 aliphatic rings. The molecule has 1 aromatic carbocycles. The molecule has 1 aromatic heterocycles. The maximum atomic E-state index is 9.63. The Morgan fingerprint density at radius 2 is 1.87 bits per heavy atom. The van der Waals surface area contributed by atoms with E-state index >= 15 is 0 Å². The van der Waals surface area contributed by atoms with Gasteiger partial charge in [0, 0.05) is 5.56 Å². The maximum absolute atomic E-state index is 9.63. The topological polar surface area (TPSA) is 85.2 Å². The third kappa shape index (κ3) is 1.69. The zero-order valence-corrected chi connectivity index (χ0v) is 8.01. The van der Waals surface area contributed by atoms with Gasteiger partial charge in [-0.05, 0) is 18.2 Å². The predicted molar refractivity (Wildman–Crippen MR) is 60.2 cm³/mol. The Bertz CT molecular complexity index is 497. The number of benzene rings is 1. The highest BCUT2D eigenvalue weighted by Crippen LogP contribution is 2.31. The van der Waals surface area contributed by atoms with E-state index in [2.05, 4.69) is 4.98 Å². The van der Waals surface area contributed by atoms with Crippen LogP contribution in [0.15, 0.2) is 36.5 Å². The first-order valence-electron chi connectivity index (χ1n) is 4.48. The van der Waals surface area contributed by atoms with Crippen molar-refractivity contribution in [2.45, 2.75) is 0 Å². The van der Waals surface area contributed by atoms with Crippen LogP contribution in [0, 0.1) is 0 Å². The molecule has 0 unspecified atom stereocenters. The van der Waals surface area contributed by atoms with Gasteiger partial charge >= 0.3 is 0 Å². The second-order valence-corrected chi connectivity index (χ2v) is 3.22. The number of rotatable bonds is 1. The number of aromatic hydroxyl groups is 1. The highest BCUT2D eigenvalue weighted by atomic mass is 16.3. The van der Waals surface area contributed by atoms with Crippen LogP contribution in [-0.4, -0.2) is 10.1 Å². The molecule has 0 spiro atoms. The molecule has 15 heavy (non-hydrogen) atoms. The summed E-state index contributed by atoms with van der Waals surface area (Å²) in [6, 6.07) is 8.52. The Kier molecular flexibility index (Phi) is 2.17. The largest absolute Gasteiger partial charge is 0.507 e.